The first-order chi connectivity index (χ1) is 10.1. The number of carbonyl (C=O) groups is 2. The van der Waals surface area contributed by atoms with E-state index in [2.05, 4.69) is 5.32 Å². The van der Waals surface area contributed by atoms with Crippen LogP contribution in [0.15, 0.2) is 41.8 Å². The second-order valence-electron chi connectivity index (χ2n) is 4.37. The van der Waals surface area contributed by atoms with Crippen LogP contribution in [-0.2, 0) is 4.79 Å². The smallest absolute Gasteiger partial charge is 0.305 e. The Kier molecular flexibility index (Phi) is 4.94. The zero-order valence-corrected chi connectivity index (χ0v) is 12.2. The third-order valence-electron chi connectivity index (χ3n) is 2.92. The summed E-state index contributed by atoms with van der Waals surface area (Å²) in [7, 11) is 1.55. The van der Waals surface area contributed by atoms with Gasteiger partial charge in [-0.3, -0.25) is 9.59 Å². The molecule has 0 saturated heterocycles. The average molecular weight is 305 g/mol. The van der Waals surface area contributed by atoms with Gasteiger partial charge in [-0.15, -0.1) is 11.3 Å². The number of thiophene rings is 1. The number of hydrogen-bond donors (Lipinski definition) is 2. The highest BCUT2D eigenvalue weighted by atomic mass is 32.1. The average Bonchev–Trinajstić information content (AvgIpc) is 3.00. The second kappa shape index (κ2) is 6.90. The normalized spacial score (nSPS) is 11.7. The van der Waals surface area contributed by atoms with Crippen molar-refractivity contribution in [3.8, 4) is 5.75 Å². The number of aliphatic carboxylic acids is 1. The minimum absolute atomic E-state index is 0.150. The highest BCUT2D eigenvalue weighted by molar-refractivity contribution is 7.10. The monoisotopic (exact) mass is 305 g/mol. The number of carboxylic acids is 1. The van der Waals surface area contributed by atoms with Crippen LogP contribution < -0.4 is 10.1 Å². The molecule has 0 aliphatic heterocycles. The van der Waals surface area contributed by atoms with Crippen molar-refractivity contribution in [2.24, 2.45) is 0 Å². The number of amides is 1. The summed E-state index contributed by atoms with van der Waals surface area (Å²) in [5.41, 5.74) is 0.461. The molecule has 1 aromatic heterocycles. The summed E-state index contributed by atoms with van der Waals surface area (Å²) in [6.45, 7) is 0. The van der Waals surface area contributed by atoms with Crippen LogP contribution in [0.25, 0.3) is 0 Å². The van der Waals surface area contributed by atoms with Crippen LogP contribution in [0.2, 0.25) is 0 Å². The molecule has 0 saturated carbocycles. The molecule has 2 aromatic rings. The molecule has 1 aromatic carbocycles. The molecule has 110 valence electrons. The Balaban J connectivity index is 2.11. The van der Waals surface area contributed by atoms with Crippen molar-refractivity contribution in [2.75, 3.05) is 7.11 Å². The number of rotatable bonds is 6. The Labute approximate surface area is 126 Å². The van der Waals surface area contributed by atoms with E-state index in [-0.39, 0.29) is 12.3 Å². The van der Waals surface area contributed by atoms with E-state index in [1.54, 1.807) is 31.4 Å². The topological polar surface area (TPSA) is 75.6 Å². The first kappa shape index (κ1) is 15.1. The molecule has 0 spiro atoms. The van der Waals surface area contributed by atoms with Crippen molar-refractivity contribution in [2.45, 2.75) is 12.5 Å². The minimum Gasteiger partial charge on any atom is -0.497 e. The van der Waals surface area contributed by atoms with E-state index in [1.807, 2.05) is 17.5 Å². The summed E-state index contributed by atoms with van der Waals surface area (Å²) in [5.74, 6) is -0.604. The fraction of sp³-hybridized carbons (Fsp3) is 0.200. The quantitative estimate of drug-likeness (QED) is 0.860. The maximum absolute atomic E-state index is 12.2. The van der Waals surface area contributed by atoms with Gasteiger partial charge in [0.1, 0.15) is 5.75 Å². The van der Waals surface area contributed by atoms with Gasteiger partial charge in [0.05, 0.1) is 19.6 Å². The largest absolute Gasteiger partial charge is 0.497 e. The number of methoxy groups -OCH3 is 1. The van der Waals surface area contributed by atoms with Gasteiger partial charge in [-0.25, -0.2) is 0 Å². The van der Waals surface area contributed by atoms with E-state index in [9.17, 15) is 9.59 Å². The van der Waals surface area contributed by atoms with Gasteiger partial charge in [0.2, 0.25) is 0 Å². The number of benzene rings is 1. The SMILES string of the molecule is COc1ccc(C(=O)N[C@@H](CC(=O)O)c2cccs2)cc1. The molecule has 1 amide bonds. The molecule has 0 radical (unpaired) electrons. The molecule has 0 fully saturated rings. The molecule has 6 heteroatoms. The van der Waals surface area contributed by atoms with Crippen molar-refractivity contribution in [3.05, 3.63) is 52.2 Å². The maximum atomic E-state index is 12.2. The van der Waals surface area contributed by atoms with Crippen LogP contribution in [0.1, 0.15) is 27.7 Å². The first-order valence-corrected chi connectivity index (χ1v) is 7.18. The molecular formula is C15H15NO4S. The lowest BCUT2D eigenvalue weighted by Crippen LogP contribution is -2.29. The Bertz CT molecular complexity index is 607. The Morgan fingerprint density at radius 2 is 2.00 bits per heavy atom. The molecule has 1 atom stereocenters. The van der Waals surface area contributed by atoms with Crippen LogP contribution in [0, 0.1) is 0 Å². The van der Waals surface area contributed by atoms with Crippen molar-refractivity contribution in [1.82, 2.24) is 5.32 Å². The number of carboxylic acid groups (broad SMARTS) is 1. The zero-order valence-electron chi connectivity index (χ0n) is 11.4. The highest BCUT2D eigenvalue weighted by Crippen LogP contribution is 2.22. The number of ether oxygens (including phenoxy) is 1. The van der Waals surface area contributed by atoms with Gasteiger partial charge in [-0.1, -0.05) is 6.07 Å². The third-order valence-corrected chi connectivity index (χ3v) is 3.91. The van der Waals surface area contributed by atoms with Gasteiger partial charge in [0.15, 0.2) is 0 Å². The Morgan fingerprint density at radius 1 is 1.29 bits per heavy atom. The summed E-state index contributed by atoms with van der Waals surface area (Å²) in [4.78, 5) is 24.0. The third kappa shape index (κ3) is 4.06. The summed E-state index contributed by atoms with van der Waals surface area (Å²) < 4.78 is 5.03. The Hall–Kier alpha value is -2.34. The number of carbonyl (C=O) groups excluding carboxylic acids is 1. The maximum Gasteiger partial charge on any atom is 0.305 e. The van der Waals surface area contributed by atoms with Crippen LogP contribution in [0.3, 0.4) is 0 Å². The molecule has 1 heterocycles. The molecule has 0 bridgehead atoms. The van der Waals surface area contributed by atoms with Crippen LogP contribution in [0.4, 0.5) is 0 Å². The van der Waals surface area contributed by atoms with E-state index < -0.39 is 12.0 Å². The molecule has 5 nitrogen and oxygen atoms in total. The molecule has 0 unspecified atom stereocenters. The lowest BCUT2D eigenvalue weighted by Gasteiger charge is -2.15. The molecule has 21 heavy (non-hydrogen) atoms. The molecule has 2 N–H and O–H groups in total. The lowest BCUT2D eigenvalue weighted by atomic mass is 10.1. The van der Waals surface area contributed by atoms with Crippen molar-refractivity contribution >= 4 is 23.2 Å². The molecule has 0 aliphatic carbocycles. The molecule has 2 rings (SSSR count). The summed E-state index contributed by atoms with van der Waals surface area (Å²) in [6, 6.07) is 9.76. The predicted octanol–water partition coefficient (Wildman–Crippen LogP) is 2.70. The summed E-state index contributed by atoms with van der Waals surface area (Å²) in [6.07, 6.45) is -0.150. The van der Waals surface area contributed by atoms with E-state index in [0.29, 0.717) is 11.3 Å². The predicted molar refractivity (Wildman–Crippen MR) is 79.8 cm³/mol. The van der Waals surface area contributed by atoms with Crippen molar-refractivity contribution in [1.29, 1.82) is 0 Å². The lowest BCUT2D eigenvalue weighted by molar-refractivity contribution is -0.137. The fourth-order valence-corrected chi connectivity index (χ4v) is 2.65. The standard InChI is InChI=1S/C15H15NO4S/c1-20-11-6-4-10(5-7-11)15(19)16-12(9-14(17)18)13-3-2-8-21-13/h2-8,12H,9H2,1H3,(H,16,19)(H,17,18)/t12-/m0/s1. The number of nitrogens with one attached hydrogen (secondary N) is 1. The van der Waals surface area contributed by atoms with Gasteiger partial charge in [-0.05, 0) is 35.7 Å². The minimum atomic E-state index is -0.955. The van der Waals surface area contributed by atoms with E-state index in [0.717, 1.165) is 4.88 Å². The van der Waals surface area contributed by atoms with E-state index in [1.165, 1.54) is 11.3 Å². The molecule has 0 aliphatic rings. The fourth-order valence-electron chi connectivity index (χ4n) is 1.87. The zero-order chi connectivity index (χ0) is 15.2. The number of hydrogen-bond acceptors (Lipinski definition) is 4. The van der Waals surface area contributed by atoms with Crippen LogP contribution in [-0.4, -0.2) is 24.1 Å². The van der Waals surface area contributed by atoms with Crippen LogP contribution >= 0.6 is 11.3 Å². The van der Waals surface area contributed by atoms with E-state index >= 15 is 0 Å². The van der Waals surface area contributed by atoms with Crippen LogP contribution in [0.5, 0.6) is 5.75 Å². The van der Waals surface area contributed by atoms with Gasteiger partial charge in [0, 0.05) is 10.4 Å². The van der Waals surface area contributed by atoms with Gasteiger partial charge >= 0.3 is 5.97 Å². The molecular weight excluding hydrogens is 290 g/mol. The van der Waals surface area contributed by atoms with Gasteiger partial charge < -0.3 is 15.2 Å². The summed E-state index contributed by atoms with van der Waals surface area (Å²) >= 11 is 1.42. The summed E-state index contributed by atoms with van der Waals surface area (Å²) in [5, 5.41) is 13.6. The highest BCUT2D eigenvalue weighted by Gasteiger charge is 2.19. The van der Waals surface area contributed by atoms with Crippen molar-refractivity contribution < 1.29 is 19.4 Å². The van der Waals surface area contributed by atoms with Crippen molar-refractivity contribution in [3.63, 3.8) is 0 Å². The van der Waals surface area contributed by atoms with Gasteiger partial charge in [0.25, 0.3) is 5.91 Å². The Morgan fingerprint density at radius 3 is 2.52 bits per heavy atom. The van der Waals surface area contributed by atoms with Gasteiger partial charge in [-0.2, -0.15) is 0 Å². The second-order valence-corrected chi connectivity index (χ2v) is 5.35. The van der Waals surface area contributed by atoms with E-state index in [4.69, 9.17) is 9.84 Å². The first-order valence-electron chi connectivity index (χ1n) is 6.30.